The molecule has 2 rings (SSSR count). The molecule has 0 heterocycles. The van der Waals surface area contributed by atoms with E-state index in [4.69, 9.17) is 5.73 Å². The van der Waals surface area contributed by atoms with Crippen molar-refractivity contribution in [2.75, 3.05) is 29.9 Å². The van der Waals surface area contributed by atoms with Gasteiger partial charge in [0.2, 0.25) is 0 Å². The molecule has 22 heavy (non-hydrogen) atoms. The van der Waals surface area contributed by atoms with E-state index in [2.05, 4.69) is 53.3 Å². The van der Waals surface area contributed by atoms with Crippen LogP contribution in [-0.4, -0.2) is 25.6 Å². The SMILES string of the molecule is CCN(CCN=C(N)Nc1ccccc1)c1cccc(C)c1. The molecule has 2 aromatic rings. The van der Waals surface area contributed by atoms with Gasteiger partial charge in [-0.15, -0.1) is 0 Å². The minimum atomic E-state index is 0.450. The second-order valence-corrected chi connectivity index (χ2v) is 5.18. The zero-order valence-electron chi connectivity index (χ0n) is 13.3. The molecule has 4 heteroatoms. The van der Waals surface area contributed by atoms with Crippen LogP contribution in [0.2, 0.25) is 0 Å². The molecular weight excluding hydrogens is 272 g/mol. The summed E-state index contributed by atoms with van der Waals surface area (Å²) in [6, 6.07) is 18.3. The first-order valence-corrected chi connectivity index (χ1v) is 7.62. The van der Waals surface area contributed by atoms with Crippen LogP contribution in [0.5, 0.6) is 0 Å². The van der Waals surface area contributed by atoms with Crippen LogP contribution in [0.3, 0.4) is 0 Å². The van der Waals surface area contributed by atoms with Crippen LogP contribution < -0.4 is 16.0 Å². The number of anilines is 2. The van der Waals surface area contributed by atoms with Crippen molar-refractivity contribution in [3.63, 3.8) is 0 Å². The number of likely N-dealkylation sites (N-methyl/N-ethyl adjacent to an activating group) is 1. The van der Waals surface area contributed by atoms with E-state index in [9.17, 15) is 0 Å². The fraction of sp³-hybridized carbons (Fsp3) is 0.278. The summed E-state index contributed by atoms with van der Waals surface area (Å²) < 4.78 is 0. The standard InChI is InChI=1S/C18H24N4/c1-3-22(17-11-7-8-15(2)14-17)13-12-20-18(19)21-16-9-5-4-6-10-16/h4-11,14H,3,12-13H2,1-2H3,(H3,19,20,21). The summed E-state index contributed by atoms with van der Waals surface area (Å²) in [5.74, 6) is 0.450. The highest BCUT2D eigenvalue weighted by Crippen LogP contribution is 2.15. The van der Waals surface area contributed by atoms with Gasteiger partial charge in [0.25, 0.3) is 0 Å². The molecule has 3 N–H and O–H groups in total. The Balaban J connectivity index is 1.89. The van der Waals surface area contributed by atoms with Gasteiger partial charge in [-0.2, -0.15) is 0 Å². The molecule has 0 fully saturated rings. The van der Waals surface area contributed by atoms with Crippen LogP contribution in [-0.2, 0) is 0 Å². The Morgan fingerprint density at radius 3 is 2.59 bits per heavy atom. The molecular formula is C18H24N4. The largest absolute Gasteiger partial charge is 0.370 e. The van der Waals surface area contributed by atoms with Crippen LogP contribution in [0.1, 0.15) is 12.5 Å². The number of aryl methyl sites for hydroxylation is 1. The molecule has 0 unspecified atom stereocenters. The highest BCUT2D eigenvalue weighted by molar-refractivity contribution is 5.92. The van der Waals surface area contributed by atoms with Crippen molar-refractivity contribution in [1.82, 2.24) is 0 Å². The number of nitrogens with two attached hydrogens (primary N) is 1. The summed E-state index contributed by atoms with van der Waals surface area (Å²) in [4.78, 5) is 6.69. The Morgan fingerprint density at radius 2 is 1.91 bits per heavy atom. The number of nitrogens with zero attached hydrogens (tertiary/aromatic N) is 2. The third-order valence-corrected chi connectivity index (χ3v) is 3.45. The van der Waals surface area contributed by atoms with Crippen molar-refractivity contribution in [2.24, 2.45) is 10.7 Å². The third-order valence-electron chi connectivity index (χ3n) is 3.45. The van der Waals surface area contributed by atoms with Crippen LogP contribution in [0.25, 0.3) is 0 Å². The summed E-state index contributed by atoms with van der Waals surface area (Å²) in [7, 11) is 0. The predicted molar refractivity (Wildman–Crippen MR) is 95.6 cm³/mol. The number of hydrogen-bond donors (Lipinski definition) is 2. The van der Waals surface area contributed by atoms with Crippen molar-refractivity contribution in [3.05, 3.63) is 60.2 Å². The van der Waals surface area contributed by atoms with Crippen LogP contribution in [0.15, 0.2) is 59.6 Å². The molecule has 0 aliphatic carbocycles. The number of aliphatic imine (C=N–C) groups is 1. The molecule has 0 radical (unpaired) electrons. The van der Waals surface area contributed by atoms with Gasteiger partial charge in [0.1, 0.15) is 0 Å². The molecule has 0 aliphatic heterocycles. The van der Waals surface area contributed by atoms with E-state index in [1.165, 1.54) is 11.3 Å². The Bertz CT molecular complexity index is 607. The number of guanidine groups is 1. The van der Waals surface area contributed by atoms with Gasteiger partial charge in [-0.25, -0.2) is 0 Å². The quantitative estimate of drug-likeness (QED) is 0.635. The number of nitrogens with one attached hydrogen (secondary N) is 1. The van der Waals surface area contributed by atoms with Gasteiger partial charge in [-0.3, -0.25) is 4.99 Å². The van der Waals surface area contributed by atoms with Gasteiger partial charge in [0.05, 0.1) is 6.54 Å². The average molecular weight is 296 g/mol. The molecule has 0 saturated carbocycles. The van der Waals surface area contributed by atoms with Crippen LogP contribution >= 0.6 is 0 Å². The lowest BCUT2D eigenvalue weighted by molar-refractivity contribution is 0.816. The maximum absolute atomic E-state index is 5.92. The lowest BCUT2D eigenvalue weighted by Gasteiger charge is -2.22. The first-order valence-electron chi connectivity index (χ1n) is 7.62. The summed E-state index contributed by atoms with van der Waals surface area (Å²) in [6.45, 7) is 6.71. The van der Waals surface area contributed by atoms with E-state index in [-0.39, 0.29) is 0 Å². The minimum absolute atomic E-state index is 0.450. The van der Waals surface area contributed by atoms with Crippen molar-refractivity contribution in [1.29, 1.82) is 0 Å². The van der Waals surface area contributed by atoms with Gasteiger partial charge in [0, 0.05) is 24.5 Å². The van der Waals surface area contributed by atoms with E-state index in [0.717, 1.165) is 18.8 Å². The zero-order chi connectivity index (χ0) is 15.8. The van der Waals surface area contributed by atoms with E-state index in [0.29, 0.717) is 12.5 Å². The minimum Gasteiger partial charge on any atom is -0.370 e. The maximum atomic E-state index is 5.92. The molecule has 0 atom stereocenters. The molecule has 116 valence electrons. The van der Waals surface area contributed by atoms with E-state index in [1.54, 1.807) is 0 Å². The van der Waals surface area contributed by atoms with Gasteiger partial charge in [0.15, 0.2) is 5.96 Å². The highest BCUT2D eigenvalue weighted by Gasteiger charge is 2.03. The first kappa shape index (κ1) is 15.9. The average Bonchev–Trinajstić information content (AvgIpc) is 2.52. The molecule has 0 saturated heterocycles. The lowest BCUT2D eigenvalue weighted by atomic mass is 10.2. The van der Waals surface area contributed by atoms with E-state index < -0.39 is 0 Å². The Kier molecular flexibility index (Phi) is 5.83. The monoisotopic (exact) mass is 296 g/mol. The fourth-order valence-corrected chi connectivity index (χ4v) is 2.29. The number of hydrogen-bond acceptors (Lipinski definition) is 2. The first-order chi connectivity index (χ1) is 10.7. The molecule has 0 aromatic heterocycles. The van der Waals surface area contributed by atoms with E-state index >= 15 is 0 Å². The Morgan fingerprint density at radius 1 is 1.14 bits per heavy atom. The van der Waals surface area contributed by atoms with Gasteiger partial charge >= 0.3 is 0 Å². The molecule has 0 aliphatic rings. The van der Waals surface area contributed by atoms with Gasteiger partial charge < -0.3 is 16.0 Å². The zero-order valence-corrected chi connectivity index (χ0v) is 13.3. The summed E-state index contributed by atoms with van der Waals surface area (Å²) in [5, 5.41) is 3.09. The molecule has 4 nitrogen and oxygen atoms in total. The highest BCUT2D eigenvalue weighted by atomic mass is 15.2. The summed E-state index contributed by atoms with van der Waals surface area (Å²) >= 11 is 0. The number of para-hydroxylation sites is 1. The van der Waals surface area contributed by atoms with Crippen molar-refractivity contribution in [2.45, 2.75) is 13.8 Å². The second kappa shape index (κ2) is 8.08. The molecule has 0 bridgehead atoms. The topological polar surface area (TPSA) is 53.6 Å². The van der Waals surface area contributed by atoms with Crippen LogP contribution in [0, 0.1) is 6.92 Å². The predicted octanol–water partition coefficient (Wildman–Crippen LogP) is 3.25. The third kappa shape index (κ3) is 4.81. The lowest BCUT2D eigenvalue weighted by Crippen LogP contribution is -2.28. The molecule has 2 aromatic carbocycles. The summed E-state index contributed by atoms with van der Waals surface area (Å²) in [6.07, 6.45) is 0. The summed E-state index contributed by atoms with van der Waals surface area (Å²) in [5.41, 5.74) is 9.37. The molecule has 0 spiro atoms. The van der Waals surface area contributed by atoms with Crippen molar-refractivity contribution >= 4 is 17.3 Å². The Labute approximate surface area is 132 Å². The number of benzene rings is 2. The van der Waals surface area contributed by atoms with Crippen LogP contribution in [0.4, 0.5) is 11.4 Å². The number of rotatable bonds is 6. The maximum Gasteiger partial charge on any atom is 0.193 e. The van der Waals surface area contributed by atoms with Crippen molar-refractivity contribution in [3.8, 4) is 0 Å². The van der Waals surface area contributed by atoms with Crippen molar-refractivity contribution < 1.29 is 0 Å². The van der Waals surface area contributed by atoms with E-state index in [1.807, 2.05) is 30.3 Å². The smallest absolute Gasteiger partial charge is 0.193 e. The normalized spacial score (nSPS) is 11.3. The fourth-order valence-electron chi connectivity index (χ4n) is 2.29. The Hall–Kier alpha value is -2.49. The van der Waals surface area contributed by atoms with Gasteiger partial charge in [-0.1, -0.05) is 30.3 Å². The second-order valence-electron chi connectivity index (χ2n) is 5.18. The van der Waals surface area contributed by atoms with Gasteiger partial charge in [-0.05, 0) is 43.7 Å². The molecule has 0 amide bonds.